The van der Waals surface area contributed by atoms with Gasteiger partial charge in [-0.1, -0.05) is 19.9 Å². The van der Waals surface area contributed by atoms with Crippen molar-refractivity contribution in [3.8, 4) is 17.2 Å². The summed E-state index contributed by atoms with van der Waals surface area (Å²) in [6, 6.07) is 6.25. The highest BCUT2D eigenvalue weighted by Gasteiger charge is 2.38. The first kappa shape index (κ1) is 24.2. The molecule has 0 radical (unpaired) electrons. The zero-order chi connectivity index (χ0) is 24.0. The summed E-state index contributed by atoms with van der Waals surface area (Å²) >= 11 is 0. The maximum Gasteiger partial charge on any atom is 0.410 e. The molecule has 0 spiro atoms. The van der Waals surface area contributed by atoms with Gasteiger partial charge in [0.25, 0.3) is 0 Å². The molecule has 178 valence electrons. The third kappa shape index (κ3) is 5.47. The number of amides is 1. The lowest BCUT2D eigenvalue weighted by Crippen LogP contribution is -2.44. The highest BCUT2D eigenvalue weighted by atomic mass is 16.6. The number of hydrogen-bond acceptors (Lipinski definition) is 8. The van der Waals surface area contributed by atoms with Crippen molar-refractivity contribution in [2.75, 3.05) is 34.5 Å². The average molecular weight is 459 g/mol. The summed E-state index contributed by atoms with van der Waals surface area (Å²) in [7, 11) is 4.42. The first-order chi connectivity index (χ1) is 15.9. The van der Waals surface area contributed by atoms with Crippen LogP contribution in [0.3, 0.4) is 0 Å². The predicted octanol–water partition coefficient (Wildman–Crippen LogP) is 3.54. The Balaban J connectivity index is 1.80. The number of fused-ring (bicyclic) bond motifs is 1. The summed E-state index contributed by atoms with van der Waals surface area (Å²) in [5.74, 6) is 1.37. The number of benzene rings is 1. The molecule has 1 aliphatic rings. The Hall–Kier alpha value is -3.49. The van der Waals surface area contributed by atoms with E-state index in [9.17, 15) is 9.59 Å². The first-order valence-corrected chi connectivity index (χ1v) is 10.7. The minimum Gasteiger partial charge on any atom is -0.493 e. The van der Waals surface area contributed by atoms with Crippen molar-refractivity contribution in [1.82, 2.24) is 9.88 Å². The van der Waals surface area contributed by atoms with Gasteiger partial charge in [-0.15, -0.1) is 0 Å². The van der Waals surface area contributed by atoms with E-state index in [1.165, 1.54) is 12.0 Å². The fraction of sp³-hybridized carbons (Fsp3) is 0.458. The molecule has 0 aliphatic carbocycles. The van der Waals surface area contributed by atoms with Crippen LogP contribution in [0.2, 0.25) is 0 Å². The van der Waals surface area contributed by atoms with Crippen LogP contribution < -0.4 is 14.2 Å². The molecule has 33 heavy (non-hydrogen) atoms. The van der Waals surface area contributed by atoms with Crippen molar-refractivity contribution >= 4 is 12.1 Å². The smallest absolute Gasteiger partial charge is 0.410 e. The van der Waals surface area contributed by atoms with Crippen molar-refractivity contribution < 1.29 is 33.3 Å². The third-order valence-corrected chi connectivity index (χ3v) is 5.28. The zero-order valence-corrected chi connectivity index (χ0v) is 19.6. The lowest BCUT2D eigenvalue weighted by atomic mass is 9.92. The Morgan fingerprint density at radius 1 is 1.15 bits per heavy atom. The molecule has 1 aromatic carbocycles. The van der Waals surface area contributed by atoms with Crippen molar-refractivity contribution in [2.24, 2.45) is 5.92 Å². The standard InChI is InChI=1S/C24H30N2O7/c1-15(2)13-33-24(28)26-11-9-16-12-17(6-7-18(16)21(26)23(27)31-5)32-14-19-22(30-4)20(29-3)8-10-25-19/h6-8,10,12,15,21H,9,11,13-14H2,1-5H3. The largest absolute Gasteiger partial charge is 0.493 e. The highest BCUT2D eigenvalue weighted by Crippen LogP contribution is 2.34. The van der Waals surface area contributed by atoms with Crippen LogP contribution in [0.4, 0.5) is 4.79 Å². The molecule has 1 atom stereocenters. The lowest BCUT2D eigenvalue weighted by Gasteiger charge is -2.35. The van der Waals surface area contributed by atoms with Gasteiger partial charge in [-0.3, -0.25) is 9.88 Å². The van der Waals surface area contributed by atoms with Gasteiger partial charge in [-0.2, -0.15) is 0 Å². The van der Waals surface area contributed by atoms with Crippen molar-refractivity contribution in [3.05, 3.63) is 47.3 Å². The maximum atomic E-state index is 12.6. The van der Waals surface area contributed by atoms with Gasteiger partial charge in [0.2, 0.25) is 0 Å². The lowest BCUT2D eigenvalue weighted by molar-refractivity contribution is -0.147. The van der Waals surface area contributed by atoms with Crippen LogP contribution in [0.1, 0.15) is 36.7 Å². The van der Waals surface area contributed by atoms with E-state index in [0.29, 0.717) is 41.5 Å². The number of rotatable bonds is 8. The minimum absolute atomic E-state index is 0.174. The Labute approximate surface area is 193 Å². The van der Waals surface area contributed by atoms with Crippen LogP contribution in [0.25, 0.3) is 0 Å². The molecular formula is C24H30N2O7. The van der Waals surface area contributed by atoms with Gasteiger partial charge in [0.15, 0.2) is 17.5 Å². The molecule has 0 fully saturated rings. The van der Waals surface area contributed by atoms with E-state index in [2.05, 4.69) is 4.98 Å². The summed E-state index contributed by atoms with van der Waals surface area (Å²) in [5.41, 5.74) is 2.20. The highest BCUT2D eigenvalue weighted by molar-refractivity contribution is 5.84. The van der Waals surface area contributed by atoms with Crippen LogP contribution >= 0.6 is 0 Å². The van der Waals surface area contributed by atoms with Gasteiger partial charge in [0.05, 0.1) is 27.9 Å². The molecule has 3 rings (SSSR count). The fourth-order valence-electron chi connectivity index (χ4n) is 3.68. The van der Waals surface area contributed by atoms with Crippen LogP contribution in [-0.4, -0.2) is 56.4 Å². The third-order valence-electron chi connectivity index (χ3n) is 5.28. The maximum absolute atomic E-state index is 12.6. The number of ether oxygens (including phenoxy) is 5. The number of aromatic nitrogens is 1. The summed E-state index contributed by atoms with van der Waals surface area (Å²) in [6.07, 6.45) is 1.65. The second-order valence-electron chi connectivity index (χ2n) is 7.98. The number of hydrogen-bond donors (Lipinski definition) is 0. The summed E-state index contributed by atoms with van der Waals surface area (Å²) in [4.78, 5) is 30.9. The van der Waals surface area contributed by atoms with Gasteiger partial charge in [-0.25, -0.2) is 9.59 Å². The molecule has 1 amide bonds. The number of nitrogens with zero attached hydrogens (tertiary/aromatic N) is 2. The molecule has 9 nitrogen and oxygen atoms in total. The van der Waals surface area contributed by atoms with Crippen molar-refractivity contribution in [1.29, 1.82) is 0 Å². The molecule has 1 aromatic heterocycles. The summed E-state index contributed by atoms with van der Waals surface area (Å²) < 4.78 is 27.0. The number of methoxy groups -OCH3 is 3. The molecule has 9 heteroatoms. The van der Waals surface area contributed by atoms with E-state index >= 15 is 0 Å². The number of carbonyl (C=O) groups is 2. The zero-order valence-electron chi connectivity index (χ0n) is 19.6. The van der Waals surface area contributed by atoms with Crippen LogP contribution in [0, 0.1) is 5.92 Å². The molecule has 0 saturated carbocycles. The van der Waals surface area contributed by atoms with Crippen molar-refractivity contribution in [2.45, 2.75) is 32.9 Å². The Morgan fingerprint density at radius 2 is 1.94 bits per heavy atom. The number of esters is 1. The molecule has 0 saturated heterocycles. The molecule has 0 bridgehead atoms. The van der Waals surface area contributed by atoms with E-state index in [1.54, 1.807) is 38.6 Å². The first-order valence-electron chi connectivity index (χ1n) is 10.7. The Bertz CT molecular complexity index is 993. The molecule has 1 aliphatic heterocycles. The SMILES string of the molecule is COC(=O)C1c2ccc(OCc3nccc(OC)c3OC)cc2CCN1C(=O)OCC(C)C. The molecular weight excluding hydrogens is 428 g/mol. The van der Waals surface area contributed by atoms with Gasteiger partial charge in [0, 0.05) is 18.8 Å². The average Bonchev–Trinajstić information content (AvgIpc) is 2.84. The van der Waals surface area contributed by atoms with Gasteiger partial charge in [-0.05, 0) is 35.6 Å². The normalized spacial score (nSPS) is 15.0. The van der Waals surface area contributed by atoms with Crippen LogP contribution in [0.5, 0.6) is 17.2 Å². The van der Waals surface area contributed by atoms with Gasteiger partial charge in [0.1, 0.15) is 18.1 Å². The second kappa shape index (κ2) is 10.9. The van der Waals surface area contributed by atoms with E-state index in [4.69, 9.17) is 23.7 Å². The summed E-state index contributed by atoms with van der Waals surface area (Å²) in [5, 5.41) is 0. The van der Waals surface area contributed by atoms with E-state index in [0.717, 1.165) is 5.56 Å². The van der Waals surface area contributed by atoms with E-state index in [1.807, 2.05) is 19.9 Å². The monoisotopic (exact) mass is 458 g/mol. The molecule has 0 N–H and O–H groups in total. The van der Waals surface area contributed by atoms with Gasteiger partial charge < -0.3 is 23.7 Å². The van der Waals surface area contributed by atoms with Gasteiger partial charge >= 0.3 is 12.1 Å². The molecule has 2 heterocycles. The predicted molar refractivity (Wildman–Crippen MR) is 119 cm³/mol. The number of carbonyl (C=O) groups excluding carboxylic acids is 2. The summed E-state index contributed by atoms with van der Waals surface area (Å²) in [6.45, 7) is 4.69. The number of pyridine rings is 1. The molecule has 2 aromatic rings. The second-order valence-corrected chi connectivity index (χ2v) is 7.98. The fourth-order valence-corrected chi connectivity index (χ4v) is 3.68. The van der Waals surface area contributed by atoms with Crippen LogP contribution in [0.15, 0.2) is 30.5 Å². The van der Waals surface area contributed by atoms with E-state index < -0.39 is 18.1 Å². The van der Waals surface area contributed by atoms with E-state index in [-0.39, 0.29) is 19.1 Å². The topological polar surface area (TPSA) is 96.4 Å². The van der Waals surface area contributed by atoms with Crippen molar-refractivity contribution in [3.63, 3.8) is 0 Å². The Morgan fingerprint density at radius 3 is 2.61 bits per heavy atom. The minimum atomic E-state index is -0.868. The quantitative estimate of drug-likeness (QED) is 0.554. The van der Waals surface area contributed by atoms with Crippen LogP contribution in [-0.2, 0) is 27.3 Å². The Kier molecular flexibility index (Phi) is 7.97. The molecule has 1 unspecified atom stereocenters.